The molecule has 0 atom stereocenters. The molecule has 0 rings (SSSR count). The Kier molecular flexibility index (Phi) is 8.74. The minimum atomic E-state index is -0.129. The van der Waals surface area contributed by atoms with Crippen molar-refractivity contribution in [1.82, 2.24) is 0 Å². The first-order chi connectivity index (χ1) is 5.81. The Labute approximate surface area is 72.7 Å². The molecule has 0 saturated heterocycles. The van der Waals surface area contributed by atoms with E-state index in [1.807, 2.05) is 0 Å². The van der Waals surface area contributed by atoms with Crippen LogP contribution in [-0.4, -0.2) is 47.1 Å². The van der Waals surface area contributed by atoms with Crippen LogP contribution in [0.3, 0.4) is 0 Å². The molecule has 0 saturated carbocycles. The third-order valence-electron chi connectivity index (χ3n) is 1.07. The highest BCUT2D eigenvalue weighted by atomic mass is 16.7. The van der Waals surface area contributed by atoms with Crippen LogP contribution in [0.2, 0.25) is 0 Å². The van der Waals surface area contributed by atoms with Gasteiger partial charge in [-0.15, -0.1) is 0 Å². The molecule has 0 aromatic heterocycles. The van der Waals surface area contributed by atoms with Crippen molar-refractivity contribution >= 4 is 0 Å². The van der Waals surface area contributed by atoms with Crippen molar-refractivity contribution < 1.29 is 18.9 Å². The average Bonchev–Trinajstić information content (AvgIpc) is 2.06. The molecular weight excluding hydrogens is 162 g/mol. The number of nitrogens with two attached hydrogens (primary N) is 1. The first-order valence-electron chi connectivity index (χ1n) is 3.70. The zero-order valence-corrected chi connectivity index (χ0v) is 7.62. The fraction of sp³-hybridized carbons (Fsp3) is 1.00. The molecule has 12 heavy (non-hydrogen) atoms. The van der Waals surface area contributed by atoms with Gasteiger partial charge in [0.2, 0.25) is 0 Å². The largest absolute Gasteiger partial charge is 0.359 e. The van der Waals surface area contributed by atoms with Crippen molar-refractivity contribution in [3.05, 3.63) is 0 Å². The summed E-state index contributed by atoms with van der Waals surface area (Å²) in [5, 5.41) is 0. The van der Waals surface area contributed by atoms with Crippen LogP contribution < -0.4 is 5.73 Å². The van der Waals surface area contributed by atoms with E-state index in [1.54, 1.807) is 14.2 Å². The fourth-order valence-corrected chi connectivity index (χ4v) is 0.614. The molecule has 0 bridgehead atoms. The van der Waals surface area contributed by atoms with E-state index in [2.05, 4.69) is 9.47 Å². The highest BCUT2D eigenvalue weighted by Gasteiger charge is 2.01. The lowest BCUT2D eigenvalue weighted by Gasteiger charge is -2.11. The Balaban J connectivity index is 3.04. The summed E-state index contributed by atoms with van der Waals surface area (Å²) in [7, 11) is 3.12. The quantitative estimate of drug-likeness (QED) is 0.404. The predicted molar refractivity (Wildman–Crippen MR) is 43.6 cm³/mol. The van der Waals surface area contributed by atoms with Gasteiger partial charge in [-0.05, 0) is 0 Å². The molecule has 0 unspecified atom stereocenters. The molecule has 0 aromatic rings. The monoisotopic (exact) mass is 179 g/mol. The Morgan fingerprint density at radius 3 is 1.75 bits per heavy atom. The highest BCUT2D eigenvalue weighted by molar-refractivity contribution is 4.56. The lowest BCUT2D eigenvalue weighted by atomic mass is 10.4. The van der Waals surface area contributed by atoms with E-state index < -0.39 is 0 Å². The summed E-state index contributed by atoms with van der Waals surface area (Å²) in [6.45, 7) is 1.38. The van der Waals surface area contributed by atoms with Crippen LogP contribution in [0.25, 0.3) is 0 Å². The van der Waals surface area contributed by atoms with Gasteiger partial charge in [-0.1, -0.05) is 0 Å². The minimum absolute atomic E-state index is 0.129. The summed E-state index contributed by atoms with van der Waals surface area (Å²) in [4.78, 5) is 0. The molecule has 2 N–H and O–H groups in total. The van der Waals surface area contributed by atoms with Crippen molar-refractivity contribution in [2.45, 2.75) is 6.04 Å². The van der Waals surface area contributed by atoms with Crippen molar-refractivity contribution in [3.8, 4) is 0 Å². The van der Waals surface area contributed by atoms with Crippen LogP contribution in [0.1, 0.15) is 0 Å². The molecule has 0 radical (unpaired) electrons. The van der Waals surface area contributed by atoms with E-state index in [1.165, 1.54) is 0 Å². The topological polar surface area (TPSA) is 62.9 Å². The Hall–Kier alpha value is -0.200. The van der Waals surface area contributed by atoms with Gasteiger partial charge >= 0.3 is 0 Å². The maximum Gasteiger partial charge on any atom is 0.146 e. The average molecular weight is 179 g/mol. The number of rotatable bonds is 8. The van der Waals surface area contributed by atoms with Crippen molar-refractivity contribution in [2.24, 2.45) is 5.73 Å². The summed E-state index contributed by atoms with van der Waals surface area (Å²) in [5.74, 6) is 0. The van der Waals surface area contributed by atoms with Crippen LogP contribution in [0, 0.1) is 0 Å². The van der Waals surface area contributed by atoms with Gasteiger partial charge in [-0.25, -0.2) is 0 Å². The third kappa shape index (κ3) is 7.90. The molecule has 0 spiro atoms. The van der Waals surface area contributed by atoms with Crippen molar-refractivity contribution in [3.63, 3.8) is 0 Å². The van der Waals surface area contributed by atoms with E-state index in [9.17, 15) is 0 Å². The lowest BCUT2D eigenvalue weighted by molar-refractivity contribution is -0.0632. The zero-order chi connectivity index (χ0) is 9.23. The van der Waals surface area contributed by atoms with Crippen LogP contribution >= 0.6 is 0 Å². The summed E-state index contributed by atoms with van der Waals surface area (Å²) in [5.41, 5.74) is 5.59. The summed E-state index contributed by atoms with van der Waals surface area (Å²) in [6.07, 6.45) is 0. The zero-order valence-electron chi connectivity index (χ0n) is 7.62. The Morgan fingerprint density at radius 1 is 1.00 bits per heavy atom. The van der Waals surface area contributed by atoms with E-state index in [0.717, 1.165) is 0 Å². The van der Waals surface area contributed by atoms with Gasteiger partial charge in [-0.2, -0.15) is 0 Å². The summed E-state index contributed by atoms with van der Waals surface area (Å²) in [6, 6.07) is -0.129. The second-order valence-corrected chi connectivity index (χ2v) is 2.31. The summed E-state index contributed by atoms with van der Waals surface area (Å²) >= 11 is 0. The molecule has 0 heterocycles. The number of methoxy groups -OCH3 is 2. The van der Waals surface area contributed by atoms with Crippen LogP contribution in [0.5, 0.6) is 0 Å². The molecule has 5 heteroatoms. The molecule has 74 valence electrons. The second kappa shape index (κ2) is 8.89. The normalized spacial score (nSPS) is 11.0. The van der Waals surface area contributed by atoms with E-state index in [4.69, 9.17) is 15.2 Å². The van der Waals surface area contributed by atoms with E-state index in [-0.39, 0.29) is 19.6 Å². The first kappa shape index (κ1) is 11.8. The van der Waals surface area contributed by atoms with E-state index >= 15 is 0 Å². The van der Waals surface area contributed by atoms with E-state index in [0.29, 0.717) is 13.2 Å². The molecule has 5 nitrogen and oxygen atoms in total. The van der Waals surface area contributed by atoms with Gasteiger partial charge < -0.3 is 24.7 Å². The molecule has 0 aliphatic heterocycles. The lowest BCUT2D eigenvalue weighted by Crippen LogP contribution is -2.32. The molecule has 0 amide bonds. The molecular formula is C7H17NO4. The maximum absolute atomic E-state index is 5.59. The predicted octanol–water partition coefficient (Wildman–Crippen LogP) is -0.445. The molecule has 0 aliphatic carbocycles. The number of hydrogen-bond donors (Lipinski definition) is 1. The van der Waals surface area contributed by atoms with Crippen LogP contribution in [0.4, 0.5) is 0 Å². The highest BCUT2D eigenvalue weighted by Crippen LogP contribution is 1.85. The second-order valence-electron chi connectivity index (χ2n) is 2.31. The van der Waals surface area contributed by atoms with Gasteiger partial charge in [0, 0.05) is 14.2 Å². The number of hydrogen-bond acceptors (Lipinski definition) is 5. The summed E-state index contributed by atoms with van der Waals surface area (Å²) < 4.78 is 19.4. The standard InChI is InChI=1S/C7H17NO4/c1-9-5-11-3-7(8)4-12-6-10-2/h7H,3-6,8H2,1-2H3. The van der Waals surface area contributed by atoms with Crippen LogP contribution in [-0.2, 0) is 18.9 Å². The van der Waals surface area contributed by atoms with Gasteiger partial charge in [0.1, 0.15) is 13.6 Å². The van der Waals surface area contributed by atoms with Gasteiger partial charge in [0.05, 0.1) is 19.3 Å². The Bertz CT molecular complexity index is 81.5. The SMILES string of the molecule is COCOCC(N)COCOC. The third-order valence-corrected chi connectivity index (χ3v) is 1.07. The maximum atomic E-state index is 5.59. The first-order valence-corrected chi connectivity index (χ1v) is 3.70. The minimum Gasteiger partial charge on any atom is -0.359 e. The van der Waals surface area contributed by atoms with Crippen molar-refractivity contribution in [2.75, 3.05) is 41.0 Å². The van der Waals surface area contributed by atoms with Crippen molar-refractivity contribution in [1.29, 1.82) is 0 Å². The Morgan fingerprint density at radius 2 is 1.42 bits per heavy atom. The fourth-order valence-electron chi connectivity index (χ4n) is 0.614. The number of ether oxygens (including phenoxy) is 4. The van der Waals surface area contributed by atoms with Gasteiger partial charge in [-0.3, -0.25) is 0 Å². The van der Waals surface area contributed by atoms with Gasteiger partial charge in [0.15, 0.2) is 0 Å². The molecule has 0 fully saturated rings. The van der Waals surface area contributed by atoms with Crippen LogP contribution in [0.15, 0.2) is 0 Å². The smallest absolute Gasteiger partial charge is 0.146 e. The molecule has 0 aromatic carbocycles. The molecule has 0 aliphatic rings. The van der Waals surface area contributed by atoms with Gasteiger partial charge in [0.25, 0.3) is 0 Å².